The summed E-state index contributed by atoms with van der Waals surface area (Å²) in [7, 11) is 0. The average molecular weight is 153 g/mol. The Hall–Kier alpha value is -0.990. The number of nitrogens with zero attached hydrogens (tertiary/aromatic N) is 1. The Morgan fingerprint density at radius 3 is 3.09 bits per heavy atom. The summed E-state index contributed by atoms with van der Waals surface area (Å²) >= 11 is 0. The molecule has 0 spiro atoms. The van der Waals surface area contributed by atoms with Gasteiger partial charge in [-0.1, -0.05) is 13.3 Å². The molecule has 3 heteroatoms. The van der Waals surface area contributed by atoms with E-state index in [2.05, 4.69) is 29.1 Å². The van der Waals surface area contributed by atoms with Gasteiger partial charge in [0.15, 0.2) is 5.95 Å². The third-order valence-electron chi connectivity index (χ3n) is 1.60. The minimum Gasteiger partial charge on any atom is -0.353 e. The first kappa shape index (κ1) is 8.11. The predicted molar refractivity (Wildman–Crippen MR) is 46.6 cm³/mol. The summed E-state index contributed by atoms with van der Waals surface area (Å²) in [6.45, 7) is 4.34. The van der Waals surface area contributed by atoms with Crippen LogP contribution in [0.3, 0.4) is 0 Å². The summed E-state index contributed by atoms with van der Waals surface area (Å²) in [4.78, 5) is 7.08. The molecule has 1 unspecified atom stereocenters. The lowest BCUT2D eigenvalue weighted by Gasteiger charge is -2.10. The SMILES string of the molecule is CCCC(C)Nc1ncc[nH]1. The first-order valence-electron chi connectivity index (χ1n) is 4.09. The fourth-order valence-corrected chi connectivity index (χ4v) is 1.08. The first-order valence-corrected chi connectivity index (χ1v) is 4.09. The molecule has 62 valence electrons. The number of imidazole rings is 1. The van der Waals surface area contributed by atoms with Crippen LogP contribution in [0.2, 0.25) is 0 Å². The maximum atomic E-state index is 4.07. The zero-order chi connectivity index (χ0) is 8.10. The van der Waals surface area contributed by atoms with Crippen molar-refractivity contribution in [1.82, 2.24) is 9.97 Å². The van der Waals surface area contributed by atoms with Crippen molar-refractivity contribution in [3.63, 3.8) is 0 Å². The lowest BCUT2D eigenvalue weighted by Crippen LogP contribution is -2.15. The van der Waals surface area contributed by atoms with E-state index in [1.54, 1.807) is 6.20 Å². The summed E-state index contributed by atoms with van der Waals surface area (Å²) in [5, 5.41) is 3.26. The molecule has 3 nitrogen and oxygen atoms in total. The molecular formula is C8H15N3. The van der Waals surface area contributed by atoms with Gasteiger partial charge in [-0.25, -0.2) is 4.98 Å². The van der Waals surface area contributed by atoms with E-state index in [1.807, 2.05) is 6.20 Å². The number of aromatic nitrogens is 2. The highest BCUT2D eigenvalue weighted by molar-refractivity contribution is 5.23. The lowest BCUT2D eigenvalue weighted by atomic mass is 10.2. The third kappa shape index (κ3) is 2.62. The molecule has 0 bridgehead atoms. The second-order valence-corrected chi connectivity index (χ2v) is 2.77. The van der Waals surface area contributed by atoms with Gasteiger partial charge in [0.1, 0.15) is 0 Å². The normalized spacial score (nSPS) is 12.9. The second kappa shape index (κ2) is 4.01. The average Bonchev–Trinajstić information content (AvgIpc) is 2.40. The van der Waals surface area contributed by atoms with Crippen LogP contribution in [-0.2, 0) is 0 Å². The Kier molecular flexibility index (Phi) is 2.95. The van der Waals surface area contributed by atoms with Crippen molar-refractivity contribution in [3.8, 4) is 0 Å². The quantitative estimate of drug-likeness (QED) is 0.694. The third-order valence-corrected chi connectivity index (χ3v) is 1.60. The highest BCUT2D eigenvalue weighted by Gasteiger charge is 2.00. The molecule has 0 saturated carbocycles. The van der Waals surface area contributed by atoms with E-state index < -0.39 is 0 Å². The molecule has 0 saturated heterocycles. The van der Waals surface area contributed by atoms with Gasteiger partial charge in [0.2, 0.25) is 0 Å². The molecule has 0 aromatic carbocycles. The molecule has 0 amide bonds. The molecular weight excluding hydrogens is 138 g/mol. The number of nitrogens with one attached hydrogen (secondary N) is 2. The highest BCUT2D eigenvalue weighted by atomic mass is 15.1. The first-order chi connectivity index (χ1) is 5.33. The van der Waals surface area contributed by atoms with E-state index in [9.17, 15) is 0 Å². The van der Waals surface area contributed by atoms with Gasteiger partial charge >= 0.3 is 0 Å². The Labute approximate surface area is 67.2 Å². The van der Waals surface area contributed by atoms with Gasteiger partial charge in [-0.2, -0.15) is 0 Å². The molecule has 0 aliphatic heterocycles. The molecule has 1 aromatic rings. The van der Waals surface area contributed by atoms with Crippen LogP contribution in [0.25, 0.3) is 0 Å². The largest absolute Gasteiger partial charge is 0.353 e. The fourth-order valence-electron chi connectivity index (χ4n) is 1.08. The molecule has 0 aliphatic rings. The number of anilines is 1. The fraction of sp³-hybridized carbons (Fsp3) is 0.625. The van der Waals surface area contributed by atoms with Crippen LogP contribution in [0.5, 0.6) is 0 Å². The monoisotopic (exact) mass is 153 g/mol. The van der Waals surface area contributed by atoms with Crippen LogP contribution < -0.4 is 5.32 Å². The molecule has 1 atom stereocenters. The van der Waals surface area contributed by atoms with Crippen LogP contribution >= 0.6 is 0 Å². The van der Waals surface area contributed by atoms with E-state index in [0.29, 0.717) is 6.04 Å². The van der Waals surface area contributed by atoms with Crippen molar-refractivity contribution in [3.05, 3.63) is 12.4 Å². The molecule has 2 N–H and O–H groups in total. The molecule has 0 radical (unpaired) electrons. The Morgan fingerprint density at radius 2 is 2.55 bits per heavy atom. The maximum Gasteiger partial charge on any atom is 0.200 e. The Morgan fingerprint density at radius 1 is 1.73 bits per heavy atom. The Bertz CT molecular complexity index is 181. The molecule has 1 aromatic heterocycles. The zero-order valence-corrected chi connectivity index (χ0v) is 7.09. The van der Waals surface area contributed by atoms with Gasteiger partial charge in [0, 0.05) is 18.4 Å². The van der Waals surface area contributed by atoms with Crippen molar-refractivity contribution in [1.29, 1.82) is 0 Å². The minimum absolute atomic E-state index is 0.506. The van der Waals surface area contributed by atoms with Crippen molar-refractivity contribution in [2.75, 3.05) is 5.32 Å². The van der Waals surface area contributed by atoms with E-state index in [0.717, 1.165) is 5.95 Å². The van der Waals surface area contributed by atoms with Gasteiger partial charge in [-0.05, 0) is 13.3 Å². The van der Waals surface area contributed by atoms with Crippen molar-refractivity contribution < 1.29 is 0 Å². The van der Waals surface area contributed by atoms with Crippen LogP contribution in [-0.4, -0.2) is 16.0 Å². The van der Waals surface area contributed by atoms with Crippen LogP contribution in [0.4, 0.5) is 5.95 Å². The van der Waals surface area contributed by atoms with Crippen molar-refractivity contribution in [2.45, 2.75) is 32.7 Å². The predicted octanol–water partition coefficient (Wildman–Crippen LogP) is 2.01. The smallest absolute Gasteiger partial charge is 0.200 e. The standard InChI is InChI=1S/C8H15N3/c1-3-4-7(2)11-8-9-5-6-10-8/h5-7H,3-4H2,1-2H3,(H2,9,10,11). The van der Waals surface area contributed by atoms with Crippen LogP contribution in [0.1, 0.15) is 26.7 Å². The molecule has 1 rings (SSSR count). The summed E-state index contributed by atoms with van der Waals surface area (Å²) in [5.74, 6) is 0.867. The van der Waals surface area contributed by atoms with Crippen molar-refractivity contribution in [2.24, 2.45) is 0 Å². The van der Waals surface area contributed by atoms with Gasteiger partial charge in [0.25, 0.3) is 0 Å². The van der Waals surface area contributed by atoms with E-state index in [1.165, 1.54) is 12.8 Å². The topological polar surface area (TPSA) is 40.7 Å². The zero-order valence-electron chi connectivity index (χ0n) is 7.09. The number of rotatable bonds is 4. The maximum absolute atomic E-state index is 4.07. The van der Waals surface area contributed by atoms with E-state index >= 15 is 0 Å². The second-order valence-electron chi connectivity index (χ2n) is 2.77. The lowest BCUT2D eigenvalue weighted by molar-refractivity contribution is 0.685. The number of hydrogen-bond donors (Lipinski definition) is 2. The van der Waals surface area contributed by atoms with Gasteiger partial charge in [-0.3, -0.25) is 0 Å². The van der Waals surface area contributed by atoms with Crippen LogP contribution in [0.15, 0.2) is 12.4 Å². The summed E-state index contributed by atoms with van der Waals surface area (Å²) < 4.78 is 0. The highest BCUT2D eigenvalue weighted by Crippen LogP contribution is 2.02. The van der Waals surface area contributed by atoms with Gasteiger partial charge < -0.3 is 10.3 Å². The number of H-pyrrole nitrogens is 1. The van der Waals surface area contributed by atoms with E-state index in [-0.39, 0.29) is 0 Å². The van der Waals surface area contributed by atoms with Crippen LogP contribution in [0, 0.1) is 0 Å². The summed E-state index contributed by atoms with van der Waals surface area (Å²) in [5.41, 5.74) is 0. The summed E-state index contributed by atoms with van der Waals surface area (Å²) in [6, 6.07) is 0.506. The van der Waals surface area contributed by atoms with Crippen molar-refractivity contribution >= 4 is 5.95 Å². The Balaban J connectivity index is 2.31. The van der Waals surface area contributed by atoms with Gasteiger partial charge in [-0.15, -0.1) is 0 Å². The molecule has 1 heterocycles. The molecule has 0 aliphatic carbocycles. The minimum atomic E-state index is 0.506. The van der Waals surface area contributed by atoms with Gasteiger partial charge in [0.05, 0.1) is 0 Å². The molecule has 11 heavy (non-hydrogen) atoms. The summed E-state index contributed by atoms with van der Waals surface area (Å²) in [6.07, 6.45) is 5.96. The number of aromatic amines is 1. The number of hydrogen-bond acceptors (Lipinski definition) is 2. The van der Waals surface area contributed by atoms with E-state index in [4.69, 9.17) is 0 Å². The molecule has 0 fully saturated rings.